The Morgan fingerprint density at radius 1 is 1.58 bits per heavy atom. The lowest BCUT2D eigenvalue weighted by Gasteiger charge is -2.13. The highest BCUT2D eigenvalue weighted by atomic mass is 16.4. The molecule has 6 nitrogen and oxygen atoms in total. The standard InChI is InChI=1S/C6H13N3O3/c1-3(8)5(10)9-4(2-7)6(11)12/h3-4H,2,7-8H2,1H3,(H,9,10)(H,11,12). The summed E-state index contributed by atoms with van der Waals surface area (Å²) in [5.41, 5.74) is 10.3. The van der Waals surface area contributed by atoms with Crippen molar-refractivity contribution in [2.45, 2.75) is 19.0 Å². The van der Waals surface area contributed by atoms with Gasteiger partial charge in [0.15, 0.2) is 0 Å². The van der Waals surface area contributed by atoms with E-state index >= 15 is 0 Å². The lowest BCUT2D eigenvalue weighted by Crippen LogP contribution is -2.50. The van der Waals surface area contributed by atoms with Crippen molar-refractivity contribution < 1.29 is 14.7 Å². The molecular weight excluding hydrogens is 162 g/mol. The second-order valence-corrected chi connectivity index (χ2v) is 2.42. The fourth-order valence-corrected chi connectivity index (χ4v) is 0.525. The Kier molecular flexibility index (Phi) is 4.24. The molecule has 0 bridgehead atoms. The molecule has 0 aromatic rings. The number of carboxylic acid groups (broad SMARTS) is 1. The van der Waals surface area contributed by atoms with Crippen LogP contribution in [0.2, 0.25) is 0 Å². The van der Waals surface area contributed by atoms with Gasteiger partial charge in [-0.3, -0.25) is 4.79 Å². The number of carboxylic acids is 1. The van der Waals surface area contributed by atoms with Gasteiger partial charge < -0.3 is 21.9 Å². The molecular formula is C6H13N3O3. The Bertz CT molecular complexity index is 181. The Labute approximate surface area is 69.9 Å². The van der Waals surface area contributed by atoms with Crippen LogP contribution in [0.5, 0.6) is 0 Å². The van der Waals surface area contributed by atoms with Gasteiger partial charge in [-0.15, -0.1) is 0 Å². The third kappa shape index (κ3) is 3.31. The number of nitrogens with two attached hydrogens (primary N) is 2. The van der Waals surface area contributed by atoms with E-state index in [0.29, 0.717) is 0 Å². The molecule has 6 heteroatoms. The van der Waals surface area contributed by atoms with E-state index in [2.05, 4.69) is 5.32 Å². The highest BCUT2D eigenvalue weighted by Gasteiger charge is 2.19. The SMILES string of the molecule is CC(N)C(=O)NC(CN)C(=O)O. The van der Waals surface area contributed by atoms with E-state index in [1.165, 1.54) is 6.92 Å². The first-order chi connectivity index (χ1) is 5.49. The first-order valence-electron chi connectivity index (χ1n) is 3.48. The summed E-state index contributed by atoms with van der Waals surface area (Å²) in [7, 11) is 0. The Morgan fingerprint density at radius 3 is 2.33 bits per heavy atom. The van der Waals surface area contributed by atoms with Gasteiger partial charge in [-0.05, 0) is 6.92 Å². The van der Waals surface area contributed by atoms with Crippen LogP contribution in [-0.2, 0) is 9.59 Å². The minimum atomic E-state index is -1.16. The molecule has 0 aromatic heterocycles. The van der Waals surface area contributed by atoms with E-state index in [1.54, 1.807) is 0 Å². The molecule has 1 amide bonds. The Balaban J connectivity index is 4.03. The van der Waals surface area contributed by atoms with Gasteiger partial charge in [0.1, 0.15) is 6.04 Å². The van der Waals surface area contributed by atoms with Gasteiger partial charge in [-0.2, -0.15) is 0 Å². The molecule has 0 aromatic carbocycles. The highest BCUT2D eigenvalue weighted by Crippen LogP contribution is 1.83. The fraction of sp³-hybridized carbons (Fsp3) is 0.667. The van der Waals surface area contributed by atoms with Gasteiger partial charge in [-0.25, -0.2) is 4.79 Å². The van der Waals surface area contributed by atoms with Crippen molar-refractivity contribution in [1.29, 1.82) is 0 Å². The monoisotopic (exact) mass is 175 g/mol. The minimum Gasteiger partial charge on any atom is -0.480 e. The molecule has 12 heavy (non-hydrogen) atoms. The third-order valence-electron chi connectivity index (χ3n) is 1.26. The van der Waals surface area contributed by atoms with Crippen LogP contribution in [0.25, 0.3) is 0 Å². The summed E-state index contributed by atoms with van der Waals surface area (Å²) >= 11 is 0. The van der Waals surface area contributed by atoms with Crippen molar-refractivity contribution in [3.8, 4) is 0 Å². The maximum absolute atomic E-state index is 10.9. The number of hydrogen-bond donors (Lipinski definition) is 4. The van der Waals surface area contributed by atoms with Crippen LogP contribution in [0.3, 0.4) is 0 Å². The maximum Gasteiger partial charge on any atom is 0.327 e. The van der Waals surface area contributed by atoms with Gasteiger partial charge in [0.25, 0.3) is 0 Å². The number of hydrogen-bond acceptors (Lipinski definition) is 4. The van der Waals surface area contributed by atoms with Crippen molar-refractivity contribution in [3.05, 3.63) is 0 Å². The molecule has 0 rings (SSSR count). The van der Waals surface area contributed by atoms with Gasteiger partial charge >= 0.3 is 5.97 Å². The summed E-state index contributed by atoms with van der Waals surface area (Å²) in [5.74, 6) is -1.68. The normalized spacial score (nSPS) is 14.9. The van der Waals surface area contributed by atoms with E-state index < -0.39 is 24.0 Å². The zero-order valence-electron chi connectivity index (χ0n) is 6.78. The van der Waals surface area contributed by atoms with Crippen LogP contribution >= 0.6 is 0 Å². The first kappa shape index (κ1) is 10.9. The zero-order valence-corrected chi connectivity index (χ0v) is 6.78. The summed E-state index contributed by atoms with van der Waals surface area (Å²) in [6.45, 7) is 1.32. The summed E-state index contributed by atoms with van der Waals surface area (Å²) in [6.07, 6.45) is 0. The Hall–Kier alpha value is -1.14. The second kappa shape index (κ2) is 4.68. The van der Waals surface area contributed by atoms with Crippen LogP contribution in [0, 0.1) is 0 Å². The number of carbonyl (C=O) groups excluding carboxylic acids is 1. The third-order valence-corrected chi connectivity index (χ3v) is 1.26. The van der Waals surface area contributed by atoms with E-state index in [0.717, 1.165) is 0 Å². The van der Waals surface area contributed by atoms with Crippen LogP contribution in [-0.4, -0.2) is 35.6 Å². The molecule has 0 fully saturated rings. The van der Waals surface area contributed by atoms with Crippen LogP contribution in [0.15, 0.2) is 0 Å². The highest BCUT2D eigenvalue weighted by molar-refractivity contribution is 5.86. The van der Waals surface area contributed by atoms with Crippen molar-refractivity contribution >= 4 is 11.9 Å². The number of nitrogens with one attached hydrogen (secondary N) is 1. The van der Waals surface area contributed by atoms with Gasteiger partial charge in [0, 0.05) is 6.54 Å². The molecule has 0 heterocycles. The smallest absolute Gasteiger partial charge is 0.327 e. The quantitative estimate of drug-likeness (QED) is 0.389. The van der Waals surface area contributed by atoms with Gasteiger partial charge in [0.05, 0.1) is 6.04 Å². The molecule has 2 atom stereocenters. The van der Waals surface area contributed by atoms with E-state index in [-0.39, 0.29) is 6.54 Å². The predicted molar refractivity (Wildman–Crippen MR) is 42.3 cm³/mol. The minimum absolute atomic E-state index is 0.145. The van der Waals surface area contributed by atoms with E-state index in [9.17, 15) is 9.59 Å². The molecule has 0 saturated carbocycles. The number of carbonyl (C=O) groups is 2. The largest absolute Gasteiger partial charge is 0.480 e. The van der Waals surface area contributed by atoms with Crippen LogP contribution in [0.4, 0.5) is 0 Å². The van der Waals surface area contributed by atoms with E-state index in [4.69, 9.17) is 16.6 Å². The summed E-state index contributed by atoms with van der Waals surface area (Å²) in [6, 6.07) is -1.78. The molecule has 0 aliphatic rings. The lowest BCUT2D eigenvalue weighted by molar-refractivity contribution is -0.141. The van der Waals surface area contributed by atoms with Crippen LogP contribution < -0.4 is 16.8 Å². The number of aliphatic carboxylic acids is 1. The molecule has 6 N–H and O–H groups in total. The number of rotatable bonds is 4. The fourth-order valence-electron chi connectivity index (χ4n) is 0.525. The van der Waals surface area contributed by atoms with Crippen LogP contribution in [0.1, 0.15) is 6.92 Å². The lowest BCUT2D eigenvalue weighted by atomic mass is 10.2. The average molecular weight is 175 g/mol. The molecule has 0 radical (unpaired) electrons. The van der Waals surface area contributed by atoms with Gasteiger partial charge in [-0.1, -0.05) is 0 Å². The molecule has 0 aliphatic heterocycles. The molecule has 0 aliphatic carbocycles. The zero-order chi connectivity index (χ0) is 9.72. The van der Waals surface area contributed by atoms with Crippen molar-refractivity contribution in [1.82, 2.24) is 5.32 Å². The van der Waals surface area contributed by atoms with Crippen molar-refractivity contribution in [2.24, 2.45) is 11.5 Å². The maximum atomic E-state index is 10.9. The van der Waals surface area contributed by atoms with E-state index in [1.807, 2.05) is 0 Å². The number of amides is 1. The second-order valence-electron chi connectivity index (χ2n) is 2.42. The molecule has 2 unspecified atom stereocenters. The predicted octanol–water partition coefficient (Wildman–Crippen LogP) is -2.14. The first-order valence-corrected chi connectivity index (χ1v) is 3.48. The summed E-state index contributed by atoms with van der Waals surface area (Å²) in [5, 5.41) is 10.6. The average Bonchev–Trinajstić information content (AvgIpc) is 1.98. The Morgan fingerprint density at radius 2 is 2.08 bits per heavy atom. The molecule has 70 valence electrons. The van der Waals surface area contributed by atoms with Crippen molar-refractivity contribution in [3.63, 3.8) is 0 Å². The van der Waals surface area contributed by atoms with Crippen molar-refractivity contribution in [2.75, 3.05) is 6.54 Å². The topological polar surface area (TPSA) is 118 Å². The molecule has 0 saturated heterocycles. The summed E-state index contributed by atoms with van der Waals surface area (Å²) in [4.78, 5) is 21.2. The molecule has 0 spiro atoms. The summed E-state index contributed by atoms with van der Waals surface area (Å²) < 4.78 is 0. The van der Waals surface area contributed by atoms with Gasteiger partial charge in [0.2, 0.25) is 5.91 Å².